The molecule has 2 N–H and O–H groups in total. The van der Waals surface area contributed by atoms with Crippen LogP contribution < -0.4 is 24.8 Å². The number of anilines is 2. The molecule has 0 aliphatic carbocycles. The maximum absolute atomic E-state index is 12.2. The Labute approximate surface area is 143 Å². The first-order valence-corrected chi connectivity index (χ1v) is 7.11. The van der Waals surface area contributed by atoms with Gasteiger partial charge in [-0.25, -0.2) is 4.79 Å². The molecule has 0 radical (unpaired) electrons. The van der Waals surface area contributed by atoms with Gasteiger partial charge in [0.25, 0.3) is 5.69 Å². The van der Waals surface area contributed by atoms with E-state index in [1.807, 2.05) is 0 Å². The molecule has 0 spiro atoms. The number of nitro groups is 1. The molecule has 0 bridgehead atoms. The molecule has 2 aromatic rings. The zero-order valence-electron chi connectivity index (χ0n) is 13.9. The lowest BCUT2D eigenvalue weighted by Crippen LogP contribution is -2.20. The molecular weight excluding hydrogens is 330 g/mol. The van der Waals surface area contributed by atoms with E-state index in [0.29, 0.717) is 17.2 Å². The predicted molar refractivity (Wildman–Crippen MR) is 91.8 cm³/mol. The van der Waals surface area contributed by atoms with E-state index < -0.39 is 11.0 Å². The van der Waals surface area contributed by atoms with E-state index in [-0.39, 0.29) is 17.1 Å². The third kappa shape index (κ3) is 4.28. The Morgan fingerprint density at radius 3 is 2.20 bits per heavy atom. The number of nitrogens with zero attached hydrogens (tertiary/aromatic N) is 1. The fraction of sp³-hybridized carbons (Fsp3) is 0.188. The minimum absolute atomic E-state index is 0.141. The van der Waals surface area contributed by atoms with E-state index in [9.17, 15) is 14.9 Å². The number of non-ortho nitro benzene ring substituents is 1. The highest BCUT2D eigenvalue weighted by Crippen LogP contribution is 2.31. The summed E-state index contributed by atoms with van der Waals surface area (Å²) in [7, 11) is 4.34. The summed E-state index contributed by atoms with van der Waals surface area (Å²) >= 11 is 0. The Balaban J connectivity index is 2.19. The molecule has 0 aromatic heterocycles. The highest BCUT2D eigenvalue weighted by Gasteiger charge is 2.14. The summed E-state index contributed by atoms with van der Waals surface area (Å²) in [5.74, 6) is 1.16. The van der Waals surface area contributed by atoms with Gasteiger partial charge in [0, 0.05) is 12.1 Å². The van der Waals surface area contributed by atoms with Crippen LogP contribution in [0.2, 0.25) is 0 Å². The third-order valence-electron chi connectivity index (χ3n) is 3.30. The molecule has 0 heterocycles. The normalized spacial score (nSPS) is 9.88. The third-order valence-corrected chi connectivity index (χ3v) is 3.30. The van der Waals surface area contributed by atoms with Gasteiger partial charge in [0.15, 0.2) is 0 Å². The van der Waals surface area contributed by atoms with Crippen LogP contribution in [0.3, 0.4) is 0 Å². The van der Waals surface area contributed by atoms with Crippen molar-refractivity contribution >= 4 is 23.1 Å². The molecule has 9 heteroatoms. The number of amides is 2. The summed E-state index contributed by atoms with van der Waals surface area (Å²) in [6.07, 6.45) is 0. The van der Waals surface area contributed by atoms with Gasteiger partial charge < -0.3 is 24.8 Å². The Kier molecular flexibility index (Phi) is 5.62. The quantitative estimate of drug-likeness (QED) is 0.613. The second-order valence-corrected chi connectivity index (χ2v) is 4.79. The minimum Gasteiger partial charge on any atom is -0.497 e. The van der Waals surface area contributed by atoms with E-state index in [1.165, 1.54) is 39.5 Å². The number of carbonyl (C=O) groups excluding carboxylic acids is 1. The molecule has 9 nitrogen and oxygen atoms in total. The molecule has 0 saturated carbocycles. The standard InChI is InChI=1S/C16H17N3O6/c1-23-11-5-7-14(24-2)13(9-11)18-16(20)17-12-6-4-10(19(21)22)8-15(12)25-3/h4-9H,1-3H3,(H2,17,18,20). The van der Waals surface area contributed by atoms with Crippen molar-refractivity contribution in [3.8, 4) is 17.2 Å². The zero-order chi connectivity index (χ0) is 18.4. The molecule has 2 amide bonds. The number of hydrogen-bond donors (Lipinski definition) is 2. The number of urea groups is 1. The second kappa shape index (κ2) is 7.86. The van der Waals surface area contributed by atoms with Crippen LogP contribution >= 0.6 is 0 Å². The van der Waals surface area contributed by atoms with Crippen LogP contribution in [0.15, 0.2) is 36.4 Å². The Hall–Kier alpha value is -3.49. The number of nitrogens with one attached hydrogen (secondary N) is 2. The first-order valence-electron chi connectivity index (χ1n) is 7.11. The summed E-state index contributed by atoms with van der Waals surface area (Å²) in [6.45, 7) is 0. The van der Waals surface area contributed by atoms with E-state index >= 15 is 0 Å². The van der Waals surface area contributed by atoms with Gasteiger partial charge in [0.1, 0.15) is 17.2 Å². The van der Waals surface area contributed by atoms with Crippen molar-refractivity contribution in [2.24, 2.45) is 0 Å². The maximum atomic E-state index is 12.2. The van der Waals surface area contributed by atoms with Crippen molar-refractivity contribution in [1.82, 2.24) is 0 Å². The smallest absolute Gasteiger partial charge is 0.323 e. The van der Waals surface area contributed by atoms with Gasteiger partial charge >= 0.3 is 6.03 Å². The summed E-state index contributed by atoms with van der Waals surface area (Å²) in [4.78, 5) is 22.5. The SMILES string of the molecule is COc1ccc(OC)c(NC(=O)Nc2ccc([N+](=O)[O-])cc2OC)c1. The number of rotatable bonds is 6. The fourth-order valence-corrected chi connectivity index (χ4v) is 2.08. The molecule has 132 valence electrons. The Bertz CT molecular complexity index is 793. The average molecular weight is 347 g/mol. The molecular formula is C16H17N3O6. The lowest BCUT2D eigenvalue weighted by atomic mass is 10.2. The van der Waals surface area contributed by atoms with Crippen molar-refractivity contribution in [2.45, 2.75) is 0 Å². The molecule has 0 unspecified atom stereocenters. The van der Waals surface area contributed by atoms with Gasteiger partial charge in [-0.1, -0.05) is 0 Å². The van der Waals surface area contributed by atoms with Crippen molar-refractivity contribution in [3.63, 3.8) is 0 Å². The van der Waals surface area contributed by atoms with Gasteiger partial charge in [0.05, 0.1) is 43.7 Å². The van der Waals surface area contributed by atoms with Gasteiger partial charge in [0.2, 0.25) is 0 Å². The van der Waals surface area contributed by atoms with Gasteiger partial charge in [-0.15, -0.1) is 0 Å². The zero-order valence-corrected chi connectivity index (χ0v) is 13.9. The van der Waals surface area contributed by atoms with Crippen LogP contribution in [0.1, 0.15) is 0 Å². The number of benzene rings is 2. The van der Waals surface area contributed by atoms with Crippen LogP contribution in [0.5, 0.6) is 17.2 Å². The van der Waals surface area contributed by atoms with Crippen molar-refractivity contribution in [1.29, 1.82) is 0 Å². The number of hydrogen-bond acceptors (Lipinski definition) is 6. The lowest BCUT2D eigenvalue weighted by molar-refractivity contribution is -0.384. The molecule has 2 aromatic carbocycles. The average Bonchev–Trinajstić information content (AvgIpc) is 2.61. The van der Waals surface area contributed by atoms with Crippen molar-refractivity contribution in [2.75, 3.05) is 32.0 Å². The Morgan fingerprint density at radius 2 is 1.60 bits per heavy atom. The van der Waals surface area contributed by atoms with Crippen molar-refractivity contribution in [3.05, 3.63) is 46.5 Å². The van der Waals surface area contributed by atoms with E-state index in [0.717, 1.165) is 0 Å². The van der Waals surface area contributed by atoms with Crippen LogP contribution in [-0.4, -0.2) is 32.3 Å². The number of nitro benzene ring substituents is 1. The maximum Gasteiger partial charge on any atom is 0.323 e. The monoisotopic (exact) mass is 347 g/mol. The van der Waals surface area contributed by atoms with Gasteiger partial charge in [-0.3, -0.25) is 10.1 Å². The highest BCUT2D eigenvalue weighted by molar-refractivity contribution is 6.01. The number of ether oxygens (including phenoxy) is 3. The molecule has 0 fully saturated rings. The first kappa shape index (κ1) is 17.9. The van der Waals surface area contributed by atoms with Crippen LogP contribution in [0, 0.1) is 10.1 Å². The number of carbonyl (C=O) groups is 1. The van der Waals surface area contributed by atoms with Gasteiger partial charge in [-0.2, -0.15) is 0 Å². The van der Waals surface area contributed by atoms with E-state index in [1.54, 1.807) is 18.2 Å². The highest BCUT2D eigenvalue weighted by atomic mass is 16.6. The molecule has 25 heavy (non-hydrogen) atoms. The van der Waals surface area contributed by atoms with Crippen LogP contribution in [-0.2, 0) is 0 Å². The topological polar surface area (TPSA) is 112 Å². The van der Waals surface area contributed by atoms with Gasteiger partial charge in [-0.05, 0) is 18.2 Å². The minimum atomic E-state index is -0.571. The predicted octanol–water partition coefficient (Wildman–Crippen LogP) is 3.26. The second-order valence-electron chi connectivity index (χ2n) is 4.79. The first-order chi connectivity index (χ1) is 12.0. The summed E-state index contributed by atoms with van der Waals surface area (Å²) < 4.78 is 15.4. The molecule has 0 saturated heterocycles. The fourth-order valence-electron chi connectivity index (χ4n) is 2.08. The molecule has 0 aliphatic rings. The van der Waals surface area contributed by atoms with E-state index in [4.69, 9.17) is 14.2 Å². The van der Waals surface area contributed by atoms with Crippen LogP contribution in [0.25, 0.3) is 0 Å². The largest absolute Gasteiger partial charge is 0.497 e. The summed E-state index contributed by atoms with van der Waals surface area (Å²) in [6, 6.07) is 8.26. The number of methoxy groups -OCH3 is 3. The van der Waals surface area contributed by atoms with E-state index in [2.05, 4.69) is 10.6 Å². The summed E-state index contributed by atoms with van der Waals surface area (Å²) in [5.41, 5.74) is 0.546. The Morgan fingerprint density at radius 1 is 0.920 bits per heavy atom. The van der Waals surface area contributed by atoms with Crippen LogP contribution in [0.4, 0.5) is 21.9 Å². The van der Waals surface area contributed by atoms with Crippen molar-refractivity contribution < 1.29 is 23.9 Å². The molecule has 0 atom stereocenters. The lowest BCUT2D eigenvalue weighted by Gasteiger charge is -2.14. The molecule has 0 aliphatic heterocycles. The summed E-state index contributed by atoms with van der Waals surface area (Å²) in [5, 5.41) is 16.0. The molecule has 2 rings (SSSR count).